The number of furan rings is 1. The maximum atomic E-state index is 13.5. The van der Waals surface area contributed by atoms with Crippen LogP contribution >= 0.6 is 0 Å². The molecule has 0 N–H and O–H groups in total. The van der Waals surface area contributed by atoms with E-state index >= 15 is 0 Å². The molecule has 2 aromatic rings. The van der Waals surface area contributed by atoms with E-state index in [2.05, 4.69) is 18.7 Å². The number of hydrogen-bond donors (Lipinski definition) is 0. The second kappa shape index (κ2) is 9.57. The Morgan fingerprint density at radius 1 is 1.17 bits per heavy atom. The van der Waals surface area contributed by atoms with Gasteiger partial charge in [0.25, 0.3) is 0 Å². The number of carbonyl (C=O) groups is 1. The van der Waals surface area contributed by atoms with Crippen LogP contribution < -0.4 is 0 Å². The van der Waals surface area contributed by atoms with E-state index in [1.807, 2.05) is 43.0 Å². The SMILES string of the molecule is CC(C)CN(CC1CN(Cc2ccco2)CC1c1ccc(F)cc1)C(=O)C(C)C. The number of amides is 1. The van der Waals surface area contributed by atoms with Crippen LogP contribution in [0.5, 0.6) is 0 Å². The fourth-order valence-electron chi connectivity index (χ4n) is 4.33. The van der Waals surface area contributed by atoms with Crippen molar-refractivity contribution in [3.63, 3.8) is 0 Å². The second-order valence-electron chi connectivity index (χ2n) is 8.98. The molecule has 158 valence electrons. The first-order valence-electron chi connectivity index (χ1n) is 10.6. The van der Waals surface area contributed by atoms with Crippen LogP contribution in [0.4, 0.5) is 4.39 Å². The Balaban J connectivity index is 1.80. The molecule has 3 rings (SSSR count). The van der Waals surface area contributed by atoms with Crippen molar-refractivity contribution in [3.8, 4) is 0 Å². The zero-order valence-electron chi connectivity index (χ0n) is 18.0. The van der Waals surface area contributed by atoms with E-state index in [9.17, 15) is 9.18 Å². The van der Waals surface area contributed by atoms with Gasteiger partial charge in [-0.15, -0.1) is 0 Å². The Kier molecular flexibility index (Phi) is 7.12. The molecule has 0 saturated carbocycles. The first-order valence-corrected chi connectivity index (χ1v) is 10.6. The molecule has 2 heterocycles. The zero-order valence-corrected chi connectivity index (χ0v) is 18.0. The molecule has 1 aliphatic heterocycles. The van der Waals surface area contributed by atoms with Gasteiger partial charge in [0.15, 0.2) is 0 Å². The second-order valence-corrected chi connectivity index (χ2v) is 8.98. The molecule has 5 heteroatoms. The Hall–Kier alpha value is -2.14. The van der Waals surface area contributed by atoms with Gasteiger partial charge < -0.3 is 9.32 Å². The van der Waals surface area contributed by atoms with Crippen molar-refractivity contribution in [2.24, 2.45) is 17.8 Å². The maximum Gasteiger partial charge on any atom is 0.225 e. The Bertz CT molecular complexity index is 771. The van der Waals surface area contributed by atoms with Crippen molar-refractivity contribution in [3.05, 3.63) is 59.8 Å². The molecule has 1 aliphatic rings. The summed E-state index contributed by atoms with van der Waals surface area (Å²) < 4.78 is 19.0. The topological polar surface area (TPSA) is 36.7 Å². The largest absolute Gasteiger partial charge is 0.468 e. The van der Waals surface area contributed by atoms with E-state index in [1.54, 1.807) is 6.26 Å². The van der Waals surface area contributed by atoms with E-state index in [4.69, 9.17) is 4.42 Å². The summed E-state index contributed by atoms with van der Waals surface area (Å²) >= 11 is 0. The average molecular weight is 401 g/mol. The first-order chi connectivity index (χ1) is 13.8. The van der Waals surface area contributed by atoms with Crippen LogP contribution in [0.15, 0.2) is 47.1 Å². The summed E-state index contributed by atoms with van der Waals surface area (Å²) in [6.07, 6.45) is 1.70. The van der Waals surface area contributed by atoms with Gasteiger partial charge in [0.2, 0.25) is 5.91 Å². The molecular weight excluding hydrogens is 367 g/mol. The number of carbonyl (C=O) groups excluding carboxylic acids is 1. The molecule has 1 saturated heterocycles. The van der Waals surface area contributed by atoms with Crippen molar-refractivity contribution in [1.82, 2.24) is 9.80 Å². The number of benzene rings is 1. The maximum absolute atomic E-state index is 13.5. The summed E-state index contributed by atoms with van der Waals surface area (Å²) in [6.45, 7) is 12.2. The molecule has 4 nitrogen and oxygen atoms in total. The molecule has 1 aromatic carbocycles. The van der Waals surface area contributed by atoms with Crippen LogP contribution in [0.2, 0.25) is 0 Å². The zero-order chi connectivity index (χ0) is 21.0. The Labute approximate surface area is 173 Å². The van der Waals surface area contributed by atoms with Crippen LogP contribution in [-0.4, -0.2) is 41.9 Å². The van der Waals surface area contributed by atoms with Crippen LogP contribution in [0.25, 0.3) is 0 Å². The lowest BCUT2D eigenvalue weighted by atomic mass is 9.88. The number of halogens is 1. The molecule has 2 unspecified atom stereocenters. The molecule has 2 atom stereocenters. The Morgan fingerprint density at radius 2 is 1.90 bits per heavy atom. The minimum Gasteiger partial charge on any atom is -0.468 e. The standard InChI is InChI=1S/C24H33FN2O2/c1-17(2)12-27(24(28)18(3)4)14-20-13-26(15-22-6-5-11-29-22)16-23(20)19-7-9-21(25)10-8-19/h5-11,17-18,20,23H,12-16H2,1-4H3. The molecule has 0 spiro atoms. The molecule has 1 fully saturated rings. The van der Waals surface area contributed by atoms with Crippen molar-refractivity contribution < 1.29 is 13.6 Å². The van der Waals surface area contributed by atoms with Crippen LogP contribution in [0, 0.1) is 23.6 Å². The number of nitrogens with zero attached hydrogens (tertiary/aromatic N) is 2. The summed E-state index contributed by atoms with van der Waals surface area (Å²) in [6, 6.07) is 10.7. The van der Waals surface area contributed by atoms with E-state index in [0.29, 0.717) is 11.8 Å². The van der Waals surface area contributed by atoms with Crippen LogP contribution in [0.3, 0.4) is 0 Å². The van der Waals surface area contributed by atoms with Gasteiger partial charge in [-0.3, -0.25) is 9.69 Å². The highest BCUT2D eigenvalue weighted by Crippen LogP contribution is 2.34. The normalized spacial score (nSPS) is 20.0. The Morgan fingerprint density at radius 3 is 2.48 bits per heavy atom. The van der Waals surface area contributed by atoms with Crippen molar-refractivity contribution in [2.45, 2.75) is 40.2 Å². The third kappa shape index (κ3) is 5.69. The predicted molar refractivity (Wildman–Crippen MR) is 113 cm³/mol. The van der Waals surface area contributed by atoms with Crippen LogP contribution in [-0.2, 0) is 11.3 Å². The van der Waals surface area contributed by atoms with Gasteiger partial charge >= 0.3 is 0 Å². The summed E-state index contributed by atoms with van der Waals surface area (Å²) in [5.74, 6) is 1.91. The third-order valence-corrected chi connectivity index (χ3v) is 5.62. The molecule has 29 heavy (non-hydrogen) atoms. The summed E-state index contributed by atoms with van der Waals surface area (Å²) in [5, 5.41) is 0. The summed E-state index contributed by atoms with van der Waals surface area (Å²) in [7, 11) is 0. The minimum absolute atomic E-state index is 0.0151. The lowest BCUT2D eigenvalue weighted by Crippen LogP contribution is -2.41. The molecule has 1 amide bonds. The van der Waals surface area contributed by atoms with E-state index in [-0.39, 0.29) is 23.6 Å². The van der Waals surface area contributed by atoms with Crippen molar-refractivity contribution in [1.29, 1.82) is 0 Å². The minimum atomic E-state index is -0.216. The van der Waals surface area contributed by atoms with Crippen molar-refractivity contribution >= 4 is 5.91 Å². The lowest BCUT2D eigenvalue weighted by Gasteiger charge is -2.31. The van der Waals surface area contributed by atoms with Gasteiger partial charge in [-0.25, -0.2) is 4.39 Å². The van der Waals surface area contributed by atoms with Crippen molar-refractivity contribution in [2.75, 3.05) is 26.2 Å². The summed E-state index contributed by atoms with van der Waals surface area (Å²) in [5.41, 5.74) is 1.14. The number of rotatable bonds is 8. The van der Waals surface area contributed by atoms with E-state index in [0.717, 1.165) is 44.0 Å². The molecule has 1 aromatic heterocycles. The third-order valence-electron chi connectivity index (χ3n) is 5.62. The van der Waals surface area contributed by atoms with Crippen LogP contribution in [0.1, 0.15) is 44.9 Å². The highest BCUT2D eigenvalue weighted by Gasteiger charge is 2.36. The van der Waals surface area contributed by atoms with Gasteiger partial charge in [0.05, 0.1) is 12.8 Å². The van der Waals surface area contributed by atoms with E-state index < -0.39 is 0 Å². The molecule has 0 radical (unpaired) electrons. The number of likely N-dealkylation sites (tertiary alicyclic amines) is 1. The fraction of sp³-hybridized carbons (Fsp3) is 0.542. The molecule has 0 bridgehead atoms. The highest BCUT2D eigenvalue weighted by atomic mass is 19.1. The molecular formula is C24H33FN2O2. The van der Waals surface area contributed by atoms with Gasteiger partial charge in [0.1, 0.15) is 11.6 Å². The monoisotopic (exact) mass is 400 g/mol. The number of hydrogen-bond acceptors (Lipinski definition) is 3. The average Bonchev–Trinajstić information content (AvgIpc) is 3.31. The first kappa shape index (κ1) is 21.6. The quantitative estimate of drug-likeness (QED) is 0.640. The van der Waals surface area contributed by atoms with Gasteiger partial charge in [-0.05, 0) is 41.7 Å². The predicted octanol–water partition coefficient (Wildman–Crippen LogP) is 4.77. The van der Waals surface area contributed by atoms with E-state index in [1.165, 1.54) is 12.1 Å². The van der Waals surface area contributed by atoms with Gasteiger partial charge in [-0.2, -0.15) is 0 Å². The summed E-state index contributed by atoms with van der Waals surface area (Å²) in [4.78, 5) is 17.3. The van der Waals surface area contributed by atoms with Gasteiger partial charge in [0, 0.05) is 38.0 Å². The van der Waals surface area contributed by atoms with Gasteiger partial charge in [-0.1, -0.05) is 39.8 Å². The molecule has 0 aliphatic carbocycles. The smallest absolute Gasteiger partial charge is 0.225 e. The lowest BCUT2D eigenvalue weighted by molar-refractivity contribution is -0.135. The fourth-order valence-corrected chi connectivity index (χ4v) is 4.33. The highest BCUT2D eigenvalue weighted by molar-refractivity contribution is 5.78.